The second-order valence-corrected chi connectivity index (χ2v) is 7.58. The van der Waals surface area contributed by atoms with Crippen LogP contribution in [0.2, 0.25) is 0 Å². The summed E-state index contributed by atoms with van der Waals surface area (Å²) in [5, 5.41) is 11.8. The van der Waals surface area contributed by atoms with E-state index in [9.17, 15) is 4.79 Å². The summed E-state index contributed by atoms with van der Waals surface area (Å²) in [6.45, 7) is 2.85. The Balaban J connectivity index is 1.58. The fourth-order valence-electron chi connectivity index (χ4n) is 3.83. The van der Waals surface area contributed by atoms with Crippen molar-refractivity contribution in [1.29, 1.82) is 0 Å². The van der Waals surface area contributed by atoms with Gasteiger partial charge in [-0.05, 0) is 60.2 Å². The summed E-state index contributed by atoms with van der Waals surface area (Å²) >= 11 is 1.69. The molecule has 1 spiro atoms. The maximum atomic E-state index is 13.1. The molecule has 2 aromatic heterocycles. The van der Waals surface area contributed by atoms with Gasteiger partial charge in [0.2, 0.25) is 0 Å². The zero-order valence-electron chi connectivity index (χ0n) is 13.4. The second kappa shape index (κ2) is 5.76. The van der Waals surface area contributed by atoms with Crippen LogP contribution in [0.15, 0.2) is 29.2 Å². The largest absolute Gasteiger partial charge is 0.331 e. The highest BCUT2D eigenvalue weighted by Gasteiger charge is 2.57. The van der Waals surface area contributed by atoms with E-state index < -0.39 is 0 Å². The van der Waals surface area contributed by atoms with Gasteiger partial charge in [0.1, 0.15) is 0 Å². The zero-order valence-corrected chi connectivity index (χ0v) is 14.2. The number of nitrogens with zero attached hydrogens (tertiary/aromatic N) is 3. The average molecular weight is 330 g/mol. The van der Waals surface area contributed by atoms with Gasteiger partial charge in [0.05, 0.1) is 11.8 Å². The van der Waals surface area contributed by atoms with Crippen LogP contribution in [-0.4, -0.2) is 39.7 Å². The third kappa shape index (κ3) is 2.81. The first-order chi connectivity index (χ1) is 11.2. The van der Waals surface area contributed by atoms with Gasteiger partial charge in [-0.15, -0.1) is 0 Å². The molecule has 4 rings (SSSR count). The molecule has 0 aromatic carbocycles. The van der Waals surface area contributed by atoms with E-state index in [1.54, 1.807) is 22.2 Å². The summed E-state index contributed by atoms with van der Waals surface area (Å²) in [6.07, 6.45) is 7.00. The Morgan fingerprint density at radius 3 is 3.00 bits per heavy atom. The van der Waals surface area contributed by atoms with Gasteiger partial charge in [-0.2, -0.15) is 16.4 Å². The molecular formula is C17H22N4OS. The standard InChI is InChI=1S/C17H22N4OS/c1-20-11-14(9-19-20)16(22)21(10-13-2-7-23-12-13)15-8-17(15)3-5-18-6-4-17/h2,7,9,11-12,15,18H,3-6,8,10H2,1H3/t15-/m1/s1. The van der Waals surface area contributed by atoms with Crippen LogP contribution in [0.3, 0.4) is 0 Å². The number of hydrogen-bond donors (Lipinski definition) is 1. The van der Waals surface area contributed by atoms with E-state index in [1.807, 2.05) is 13.2 Å². The van der Waals surface area contributed by atoms with Crippen LogP contribution < -0.4 is 5.32 Å². The van der Waals surface area contributed by atoms with E-state index in [0.29, 0.717) is 23.6 Å². The topological polar surface area (TPSA) is 50.2 Å². The summed E-state index contributed by atoms with van der Waals surface area (Å²) in [4.78, 5) is 15.1. The highest BCUT2D eigenvalue weighted by molar-refractivity contribution is 7.07. The van der Waals surface area contributed by atoms with Crippen molar-refractivity contribution in [3.63, 3.8) is 0 Å². The van der Waals surface area contributed by atoms with Crippen molar-refractivity contribution in [3.05, 3.63) is 40.3 Å². The fourth-order valence-corrected chi connectivity index (χ4v) is 4.49. The SMILES string of the molecule is Cn1cc(C(=O)N(Cc2ccsc2)[C@@H]2CC23CCNCC3)cn1. The van der Waals surface area contributed by atoms with Crippen molar-refractivity contribution in [2.45, 2.75) is 31.8 Å². The third-order valence-electron chi connectivity index (χ3n) is 5.27. The molecule has 5 nitrogen and oxygen atoms in total. The molecule has 1 N–H and O–H groups in total. The first kappa shape index (κ1) is 14.9. The van der Waals surface area contributed by atoms with Gasteiger partial charge in [-0.1, -0.05) is 0 Å². The van der Waals surface area contributed by atoms with Gasteiger partial charge in [-0.3, -0.25) is 9.48 Å². The van der Waals surface area contributed by atoms with E-state index in [-0.39, 0.29) is 5.91 Å². The quantitative estimate of drug-likeness (QED) is 0.935. The van der Waals surface area contributed by atoms with Gasteiger partial charge in [0.15, 0.2) is 0 Å². The first-order valence-electron chi connectivity index (χ1n) is 8.19. The summed E-state index contributed by atoms with van der Waals surface area (Å²) in [7, 11) is 1.85. The molecule has 1 aliphatic carbocycles. The van der Waals surface area contributed by atoms with Crippen LogP contribution in [-0.2, 0) is 13.6 Å². The molecule has 0 unspecified atom stereocenters. The normalized spacial score (nSPS) is 22.2. The van der Waals surface area contributed by atoms with Crippen LogP contribution in [0.5, 0.6) is 0 Å². The summed E-state index contributed by atoms with van der Waals surface area (Å²) in [5.41, 5.74) is 2.26. The number of aromatic nitrogens is 2. The number of amides is 1. The third-order valence-corrected chi connectivity index (χ3v) is 6.00. The maximum absolute atomic E-state index is 13.1. The number of aryl methyl sites for hydroxylation is 1. The van der Waals surface area contributed by atoms with Crippen molar-refractivity contribution >= 4 is 17.2 Å². The summed E-state index contributed by atoms with van der Waals surface area (Å²) in [5.74, 6) is 0.115. The summed E-state index contributed by atoms with van der Waals surface area (Å²) < 4.78 is 1.70. The molecule has 3 heterocycles. The highest BCUT2D eigenvalue weighted by atomic mass is 32.1. The van der Waals surface area contributed by atoms with Crippen LogP contribution >= 0.6 is 11.3 Å². The van der Waals surface area contributed by atoms with Gasteiger partial charge >= 0.3 is 0 Å². The van der Waals surface area contributed by atoms with Gasteiger partial charge in [0.25, 0.3) is 5.91 Å². The molecule has 0 bridgehead atoms. The van der Waals surface area contributed by atoms with E-state index in [1.165, 1.54) is 18.4 Å². The molecule has 0 radical (unpaired) electrons. The minimum absolute atomic E-state index is 0.115. The molecule has 1 saturated heterocycles. The Labute approximate surface area is 140 Å². The minimum atomic E-state index is 0.115. The van der Waals surface area contributed by atoms with Crippen molar-refractivity contribution in [2.24, 2.45) is 12.5 Å². The van der Waals surface area contributed by atoms with Gasteiger partial charge in [-0.25, -0.2) is 0 Å². The molecular weight excluding hydrogens is 308 g/mol. The van der Waals surface area contributed by atoms with E-state index in [2.05, 4.69) is 32.1 Å². The smallest absolute Gasteiger partial charge is 0.257 e. The molecule has 6 heteroatoms. The lowest BCUT2D eigenvalue weighted by atomic mass is 9.93. The van der Waals surface area contributed by atoms with Crippen molar-refractivity contribution in [3.8, 4) is 0 Å². The Kier molecular flexibility index (Phi) is 3.73. The number of piperidine rings is 1. The van der Waals surface area contributed by atoms with Crippen LogP contribution in [0.4, 0.5) is 0 Å². The van der Waals surface area contributed by atoms with Crippen LogP contribution in [0.25, 0.3) is 0 Å². The van der Waals surface area contributed by atoms with Gasteiger partial charge in [0, 0.05) is 25.8 Å². The van der Waals surface area contributed by atoms with Gasteiger partial charge < -0.3 is 10.2 Å². The lowest BCUT2D eigenvalue weighted by molar-refractivity contribution is 0.0692. The number of nitrogens with one attached hydrogen (secondary N) is 1. The van der Waals surface area contributed by atoms with E-state index in [4.69, 9.17) is 0 Å². The lowest BCUT2D eigenvalue weighted by Crippen LogP contribution is -2.39. The molecule has 1 aliphatic heterocycles. The Morgan fingerprint density at radius 2 is 2.35 bits per heavy atom. The zero-order chi connectivity index (χ0) is 15.9. The van der Waals surface area contributed by atoms with Crippen LogP contribution in [0, 0.1) is 5.41 Å². The molecule has 122 valence electrons. The number of rotatable bonds is 4. The van der Waals surface area contributed by atoms with Crippen molar-refractivity contribution in [1.82, 2.24) is 20.0 Å². The molecule has 2 aromatic rings. The molecule has 23 heavy (non-hydrogen) atoms. The molecule has 1 atom stereocenters. The Hall–Kier alpha value is -1.66. The predicted molar refractivity (Wildman–Crippen MR) is 90.3 cm³/mol. The molecule has 1 saturated carbocycles. The fraction of sp³-hybridized carbons (Fsp3) is 0.529. The lowest BCUT2D eigenvalue weighted by Gasteiger charge is -2.29. The van der Waals surface area contributed by atoms with Crippen molar-refractivity contribution < 1.29 is 4.79 Å². The second-order valence-electron chi connectivity index (χ2n) is 6.80. The molecule has 2 fully saturated rings. The van der Waals surface area contributed by atoms with Crippen molar-refractivity contribution in [2.75, 3.05) is 13.1 Å². The predicted octanol–water partition coefficient (Wildman–Crippen LogP) is 2.27. The number of hydrogen-bond acceptors (Lipinski definition) is 4. The van der Waals surface area contributed by atoms with E-state index in [0.717, 1.165) is 19.5 Å². The Bertz CT molecular complexity index is 687. The Morgan fingerprint density at radius 1 is 1.52 bits per heavy atom. The average Bonchev–Trinajstić information content (AvgIpc) is 2.97. The number of carbonyl (C=O) groups is 1. The van der Waals surface area contributed by atoms with Crippen LogP contribution in [0.1, 0.15) is 35.2 Å². The first-order valence-corrected chi connectivity index (χ1v) is 9.14. The number of thiophene rings is 1. The number of carbonyl (C=O) groups excluding carboxylic acids is 1. The monoisotopic (exact) mass is 330 g/mol. The minimum Gasteiger partial charge on any atom is -0.331 e. The molecule has 1 amide bonds. The molecule has 2 aliphatic rings. The van der Waals surface area contributed by atoms with E-state index >= 15 is 0 Å². The summed E-state index contributed by atoms with van der Waals surface area (Å²) in [6, 6.07) is 2.49. The maximum Gasteiger partial charge on any atom is 0.257 e. The highest BCUT2D eigenvalue weighted by Crippen LogP contribution is 2.56.